The van der Waals surface area contributed by atoms with E-state index in [0.29, 0.717) is 18.2 Å². The fraction of sp³-hybridized carbons (Fsp3) is 0.812. The summed E-state index contributed by atoms with van der Waals surface area (Å²) in [7, 11) is 0. The van der Waals surface area contributed by atoms with Gasteiger partial charge in [0.2, 0.25) is 11.8 Å². The molecule has 1 amide bonds. The second kappa shape index (κ2) is 7.22. The van der Waals surface area contributed by atoms with E-state index in [1.54, 1.807) is 0 Å². The molecule has 2 saturated heterocycles. The quantitative estimate of drug-likeness (QED) is 0.852. The van der Waals surface area contributed by atoms with Crippen molar-refractivity contribution in [3.05, 3.63) is 11.7 Å². The molecule has 0 unspecified atom stereocenters. The predicted octanol–water partition coefficient (Wildman–Crippen LogP) is 2.15. The summed E-state index contributed by atoms with van der Waals surface area (Å²) in [5.41, 5.74) is 0. The van der Waals surface area contributed by atoms with E-state index in [0.717, 1.165) is 64.2 Å². The van der Waals surface area contributed by atoms with Gasteiger partial charge >= 0.3 is 0 Å². The fourth-order valence-electron chi connectivity index (χ4n) is 3.32. The standard InChI is InChI=1S/C16H25N3O3/c1-2-14-17-16(18-22-14)13-4-3-7-19(11-13)15(20)10-12-5-8-21-9-6-12/h12-13H,2-11H2,1H3/t13-/m1/s1. The third-order valence-corrected chi connectivity index (χ3v) is 4.73. The maximum absolute atomic E-state index is 12.5. The van der Waals surface area contributed by atoms with Crippen LogP contribution >= 0.6 is 0 Å². The molecule has 2 aliphatic rings. The van der Waals surface area contributed by atoms with E-state index in [-0.39, 0.29) is 11.8 Å². The van der Waals surface area contributed by atoms with Crippen LogP contribution in [0.15, 0.2) is 4.52 Å². The number of carbonyl (C=O) groups excluding carboxylic acids is 1. The van der Waals surface area contributed by atoms with Crippen LogP contribution in [0.5, 0.6) is 0 Å². The zero-order chi connectivity index (χ0) is 15.4. The SMILES string of the molecule is CCc1nc([C@@H]2CCCN(C(=O)CC3CCOCC3)C2)no1. The Morgan fingerprint density at radius 1 is 1.32 bits per heavy atom. The first-order chi connectivity index (χ1) is 10.8. The van der Waals surface area contributed by atoms with Gasteiger partial charge in [-0.15, -0.1) is 0 Å². The van der Waals surface area contributed by atoms with E-state index in [1.165, 1.54) is 0 Å². The van der Waals surface area contributed by atoms with E-state index in [9.17, 15) is 4.79 Å². The number of hydrogen-bond acceptors (Lipinski definition) is 5. The first kappa shape index (κ1) is 15.5. The fourth-order valence-corrected chi connectivity index (χ4v) is 3.32. The van der Waals surface area contributed by atoms with Gasteiger partial charge in [-0.2, -0.15) is 4.98 Å². The zero-order valence-corrected chi connectivity index (χ0v) is 13.3. The van der Waals surface area contributed by atoms with Crippen LogP contribution in [0.2, 0.25) is 0 Å². The second-order valence-electron chi connectivity index (χ2n) is 6.34. The number of amides is 1. The Kier molecular flexibility index (Phi) is 5.08. The lowest BCUT2D eigenvalue weighted by Crippen LogP contribution is -2.40. The van der Waals surface area contributed by atoms with Crippen molar-refractivity contribution in [1.29, 1.82) is 0 Å². The average Bonchev–Trinajstić information content (AvgIpc) is 3.05. The number of rotatable bonds is 4. The molecule has 0 saturated carbocycles. The average molecular weight is 307 g/mol. The maximum atomic E-state index is 12.5. The lowest BCUT2D eigenvalue weighted by atomic mass is 9.93. The largest absolute Gasteiger partial charge is 0.381 e. The third-order valence-electron chi connectivity index (χ3n) is 4.73. The molecule has 3 rings (SSSR count). The summed E-state index contributed by atoms with van der Waals surface area (Å²) >= 11 is 0. The summed E-state index contributed by atoms with van der Waals surface area (Å²) in [6, 6.07) is 0. The summed E-state index contributed by atoms with van der Waals surface area (Å²) in [5, 5.41) is 4.08. The van der Waals surface area contributed by atoms with Gasteiger partial charge in [-0.3, -0.25) is 4.79 Å². The maximum Gasteiger partial charge on any atom is 0.226 e. The van der Waals surface area contributed by atoms with E-state index in [1.807, 2.05) is 11.8 Å². The minimum Gasteiger partial charge on any atom is -0.381 e. The highest BCUT2D eigenvalue weighted by Crippen LogP contribution is 2.27. The highest BCUT2D eigenvalue weighted by molar-refractivity contribution is 5.76. The summed E-state index contributed by atoms with van der Waals surface area (Å²) in [6.45, 7) is 5.18. The highest BCUT2D eigenvalue weighted by Gasteiger charge is 2.29. The van der Waals surface area contributed by atoms with Crippen molar-refractivity contribution in [2.24, 2.45) is 5.92 Å². The van der Waals surface area contributed by atoms with Gasteiger partial charge in [-0.25, -0.2) is 0 Å². The minimum absolute atomic E-state index is 0.219. The van der Waals surface area contributed by atoms with Crippen LogP contribution in [0.3, 0.4) is 0 Å². The van der Waals surface area contributed by atoms with Crippen LogP contribution in [0, 0.1) is 5.92 Å². The molecule has 2 aliphatic heterocycles. The molecule has 0 bridgehead atoms. The minimum atomic E-state index is 0.219. The number of aryl methyl sites for hydroxylation is 1. The molecule has 2 fully saturated rings. The molecule has 0 N–H and O–H groups in total. The molecule has 122 valence electrons. The highest BCUT2D eigenvalue weighted by atomic mass is 16.5. The molecule has 0 aromatic carbocycles. The molecule has 22 heavy (non-hydrogen) atoms. The number of aromatic nitrogens is 2. The Labute approximate surface area is 131 Å². The van der Waals surface area contributed by atoms with E-state index >= 15 is 0 Å². The molecule has 0 aliphatic carbocycles. The summed E-state index contributed by atoms with van der Waals surface area (Å²) in [6.07, 6.45) is 5.47. The van der Waals surface area contributed by atoms with Crippen molar-refractivity contribution < 1.29 is 14.1 Å². The van der Waals surface area contributed by atoms with Crippen LogP contribution < -0.4 is 0 Å². The smallest absolute Gasteiger partial charge is 0.226 e. The Balaban J connectivity index is 1.56. The number of nitrogens with zero attached hydrogens (tertiary/aromatic N) is 3. The van der Waals surface area contributed by atoms with Crippen molar-refractivity contribution in [2.45, 2.75) is 51.4 Å². The Bertz CT molecular complexity index is 497. The van der Waals surface area contributed by atoms with E-state index < -0.39 is 0 Å². The number of likely N-dealkylation sites (tertiary alicyclic amines) is 1. The number of piperidine rings is 1. The second-order valence-corrected chi connectivity index (χ2v) is 6.34. The number of hydrogen-bond donors (Lipinski definition) is 0. The molecule has 1 aromatic heterocycles. The Hall–Kier alpha value is -1.43. The molecule has 0 radical (unpaired) electrons. The molecule has 1 atom stereocenters. The van der Waals surface area contributed by atoms with Crippen molar-refractivity contribution in [2.75, 3.05) is 26.3 Å². The molecule has 3 heterocycles. The van der Waals surface area contributed by atoms with Gasteiger partial charge in [0.05, 0.1) is 0 Å². The van der Waals surface area contributed by atoms with Gasteiger partial charge in [0.15, 0.2) is 5.82 Å². The van der Waals surface area contributed by atoms with Crippen LogP contribution in [-0.2, 0) is 16.0 Å². The van der Waals surface area contributed by atoms with Crippen LogP contribution in [0.25, 0.3) is 0 Å². The zero-order valence-electron chi connectivity index (χ0n) is 13.3. The molecule has 1 aromatic rings. The molecule has 6 nitrogen and oxygen atoms in total. The first-order valence-corrected chi connectivity index (χ1v) is 8.44. The van der Waals surface area contributed by atoms with Crippen LogP contribution in [-0.4, -0.2) is 47.3 Å². The summed E-state index contributed by atoms with van der Waals surface area (Å²) in [5.74, 6) is 2.42. The van der Waals surface area contributed by atoms with Crippen molar-refractivity contribution in [3.63, 3.8) is 0 Å². The normalized spacial score (nSPS) is 23.7. The molecular formula is C16H25N3O3. The van der Waals surface area contributed by atoms with E-state index in [4.69, 9.17) is 9.26 Å². The van der Waals surface area contributed by atoms with Crippen molar-refractivity contribution in [3.8, 4) is 0 Å². The van der Waals surface area contributed by atoms with Crippen molar-refractivity contribution in [1.82, 2.24) is 15.0 Å². The summed E-state index contributed by atoms with van der Waals surface area (Å²) < 4.78 is 10.6. The Morgan fingerprint density at radius 2 is 2.14 bits per heavy atom. The van der Waals surface area contributed by atoms with Gasteiger partial charge in [0.25, 0.3) is 0 Å². The van der Waals surface area contributed by atoms with E-state index in [2.05, 4.69) is 10.1 Å². The lowest BCUT2D eigenvalue weighted by Gasteiger charge is -2.33. The summed E-state index contributed by atoms with van der Waals surface area (Å²) in [4.78, 5) is 18.9. The number of carbonyl (C=O) groups is 1. The van der Waals surface area contributed by atoms with Gasteiger partial charge in [0, 0.05) is 45.1 Å². The molecule has 6 heteroatoms. The van der Waals surface area contributed by atoms with Crippen LogP contribution in [0.4, 0.5) is 0 Å². The van der Waals surface area contributed by atoms with Crippen molar-refractivity contribution >= 4 is 5.91 Å². The van der Waals surface area contributed by atoms with Gasteiger partial charge in [-0.05, 0) is 31.6 Å². The van der Waals surface area contributed by atoms with Gasteiger partial charge < -0.3 is 14.2 Å². The predicted molar refractivity (Wildman–Crippen MR) is 80.4 cm³/mol. The Morgan fingerprint density at radius 3 is 2.86 bits per heavy atom. The molecule has 0 spiro atoms. The van der Waals surface area contributed by atoms with Gasteiger partial charge in [0.1, 0.15) is 0 Å². The molecular weight excluding hydrogens is 282 g/mol. The third kappa shape index (κ3) is 3.66. The monoisotopic (exact) mass is 307 g/mol. The van der Waals surface area contributed by atoms with Gasteiger partial charge in [-0.1, -0.05) is 12.1 Å². The number of ether oxygens (including phenoxy) is 1. The first-order valence-electron chi connectivity index (χ1n) is 8.44. The van der Waals surface area contributed by atoms with Crippen LogP contribution in [0.1, 0.15) is 56.7 Å². The topological polar surface area (TPSA) is 68.5 Å². The lowest BCUT2D eigenvalue weighted by molar-refractivity contribution is -0.134.